The van der Waals surface area contributed by atoms with Crippen LogP contribution in [0.25, 0.3) is 0 Å². The number of carbonyl (C=O) groups is 1. The molecule has 0 saturated carbocycles. The van der Waals surface area contributed by atoms with E-state index >= 15 is 0 Å². The Morgan fingerprint density at radius 1 is 1.07 bits per heavy atom. The fraction of sp³-hybridized carbons (Fsp3) is 0.208. The Bertz CT molecular complexity index is 1020. The number of methoxy groups -OCH3 is 1. The van der Waals surface area contributed by atoms with Crippen molar-refractivity contribution in [3.05, 3.63) is 82.3 Å². The van der Waals surface area contributed by atoms with E-state index < -0.39 is 0 Å². The van der Waals surface area contributed by atoms with Crippen LogP contribution in [0, 0.1) is 0 Å². The fourth-order valence-electron chi connectivity index (χ4n) is 3.16. The lowest BCUT2D eigenvalue weighted by atomic mass is 10.1. The van der Waals surface area contributed by atoms with Crippen molar-refractivity contribution in [3.8, 4) is 17.2 Å². The molecule has 0 bridgehead atoms. The number of rotatable bonds is 8. The van der Waals surface area contributed by atoms with Gasteiger partial charge in [-0.1, -0.05) is 40.2 Å². The third-order valence-corrected chi connectivity index (χ3v) is 5.18. The largest absolute Gasteiger partial charge is 0.506 e. The van der Waals surface area contributed by atoms with Crippen LogP contribution in [0.3, 0.4) is 0 Å². The molecule has 0 aliphatic heterocycles. The van der Waals surface area contributed by atoms with Crippen molar-refractivity contribution < 1.29 is 19.4 Å². The van der Waals surface area contributed by atoms with E-state index in [1.165, 1.54) is 7.11 Å². The Hall–Kier alpha value is -2.99. The lowest BCUT2D eigenvalue weighted by molar-refractivity contribution is -0.139. The zero-order valence-electron chi connectivity index (χ0n) is 17.0. The number of para-hydroxylation sites is 2. The number of hydrogen-bond acceptors (Lipinski definition) is 5. The molecule has 0 aliphatic carbocycles. The summed E-state index contributed by atoms with van der Waals surface area (Å²) in [7, 11) is 1.38. The second-order valence-corrected chi connectivity index (χ2v) is 7.67. The van der Waals surface area contributed by atoms with Crippen LogP contribution >= 0.6 is 15.9 Å². The molecule has 3 aromatic rings. The SMILES string of the molecule is CCN(Cc1cc(Br)ccc1Oc1cccc(CC(=O)OC)c1)c1ccccc1O. The Balaban J connectivity index is 1.86. The number of halogens is 1. The molecule has 0 unspecified atom stereocenters. The predicted molar refractivity (Wildman–Crippen MR) is 121 cm³/mol. The zero-order valence-corrected chi connectivity index (χ0v) is 18.6. The molecule has 1 N–H and O–H groups in total. The molecule has 0 radical (unpaired) electrons. The van der Waals surface area contributed by atoms with E-state index in [1.54, 1.807) is 6.07 Å². The number of phenols is 1. The zero-order chi connectivity index (χ0) is 21.5. The van der Waals surface area contributed by atoms with Gasteiger partial charge in [-0.15, -0.1) is 0 Å². The normalized spacial score (nSPS) is 10.5. The fourth-order valence-corrected chi connectivity index (χ4v) is 3.57. The smallest absolute Gasteiger partial charge is 0.309 e. The third kappa shape index (κ3) is 5.54. The van der Waals surface area contributed by atoms with Gasteiger partial charge in [-0.25, -0.2) is 0 Å². The summed E-state index contributed by atoms with van der Waals surface area (Å²) in [6, 6.07) is 20.5. The summed E-state index contributed by atoms with van der Waals surface area (Å²) in [4.78, 5) is 13.6. The number of esters is 1. The molecule has 0 atom stereocenters. The van der Waals surface area contributed by atoms with Crippen LogP contribution in [0.2, 0.25) is 0 Å². The lowest BCUT2D eigenvalue weighted by Gasteiger charge is -2.25. The number of phenolic OH excluding ortho intramolecular Hbond substituents is 1. The predicted octanol–water partition coefficient (Wildman–Crippen LogP) is 5.69. The summed E-state index contributed by atoms with van der Waals surface area (Å²) in [5, 5.41) is 10.3. The molecular formula is C24H24BrNO4. The van der Waals surface area contributed by atoms with E-state index in [-0.39, 0.29) is 18.1 Å². The summed E-state index contributed by atoms with van der Waals surface area (Å²) in [6.45, 7) is 3.32. The first-order chi connectivity index (χ1) is 14.5. The van der Waals surface area contributed by atoms with Crippen LogP contribution in [-0.4, -0.2) is 24.7 Å². The number of carbonyl (C=O) groups excluding carboxylic acids is 1. The number of nitrogens with zero attached hydrogens (tertiary/aromatic N) is 1. The minimum atomic E-state index is -0.294. The first-order valence-electron chi connectivity index (χ1n) is 9.65. The van der Waals surface area contributed by atoms with Crippen molar-refractivity contribution in [2.75, 3.05) is 18.6 Å². The van der Waals surface area contributed by atoms with Gasteiger partial charge in [0, 0.05) is 23.1 Å². The van der Waals surface area contributed by atoms with Gasteiger partial charge in [-0.3, -0.25) is 4.79 Å². The number of aromatic hydroxyl groups is 1. The first-order valence-corrected chi connectivity index (χ1v) is 10.4. The number of benzene rings is 3. The van der Waals surface area contributed by atoms with Crippen molar-refractivity contribution >= 4 is 27.6 Å². The van der Waals surface area contributed by atoms with Gasteiger partial charge >= 0.3 is 5.97 Å². The highest BCUT2D eigenvalue weighted by Gasteiger charge is 2.14. The topological polar surface area (TPSA) is 59.0 Å². The van der Waals surface area contributed by atoms with E-state index in [4.69, 9.17) is 9.47 Å². The van der Waals surface area contributed by atoms with Crippen LogP contribution in [-0.2, 0) is 22.5 Å². The first kappa shape index (κ1) is 21.7. The molecule has 0 saturated heterocycles. The minimum absolute atomic E-state index is 0.192. The van der Waals surface area contributed by atoms with Crippen LogP contribution in [0.15, 0.2) is 71.2 Å². The molecule has 3 rings (SSSR count). The molecule has 0 aliphatic rings. The maximum absolute atomic E-state index is 11.6. The monoisotopic (exact) mass is 469 g/mol. The Kier molecular flexibility index (Phi) is 7.36. The average Bonchev–Trinajstić information content (AvgIpc) is 2.74. The average molecular weight is 470 g/mol. The van der Waals surface area contributed by atoms with E-state index in [0.717, 1.165) is 27.8 Å². The van der Waals surface area contributed by atoms with Gasteiger partial charge in [-0.05, 0) is 55.0 Å². The minimum Gasteiger partial charge on any atom is -0.506 e. The van der Waals surface area contributed by atoms with Crippen molar-refractivity contribution in [1.29, 1.82) is 0 Å². The van der Waals surface area contributed by atoms with Crippen molar-refractivity contribution in [2.24, 2.45) is 0 Å². The van der Waals surface area contributed by atoms with Gasteiger partial charge in [0.2, 0.25) is 0 Å². The summed E-state index contributed by atoms with van der Waals surface area (Å²) in [5.74, 6) is 1.30. The molecule has 0 fully saturated rings. The molecule has 0 spiro atoms. The van der Waals surface area contributed by atoms with Crippen LogP contribution in [0.5, 0.6) is 17.2 Å². The van der Waals surface area contributed by atoms with Gasteiger partial charge in [0.25, 0.3) is 0 Å². The van der Waals surface area contributed by atoms with Crippen molar-refractivity contribution in [3.63, 3.8) is 0 Å². The molecular weight excluding hydrogens is 446 g/mol. The van der Waals surface area contributed by atoms with Gasteiger partial charge in [0.15, 0.2) is 0 Å². The van der Waals surface area contributed by atoms with Gasteiger partial charge in [0.05, 0.1) is 19.2 Å². The second-order valence-electron chi connectivity index (χ2n) is 6.76. The summed E-state index contributed by atoms with van der Waals surface area (Å²) in [5.41, 5.74) is 2.56. The van der Waals surface area contributed by atoms with Gasteiger partial charge < -0.3 is 19.5 Å². The Morgan fingerprint density at radius 2 is 1.87 bits per heavy atom. The molecule has 30 heavy (non-hydrogen) atoms. The number of ether oxygens (including phenoxy) is 2. The third-order valence-electron chi connectivity index (χ3n) is 4.69. The second kappa shape index (κ2) is 10.2. The van der Waals surface area contributed by atoms with Crippen LogP contribution in [0.4, 0.5) is 5.69 Å². The van der Waals surface area contributed by atoms with E-state index in [2.05, 4.69) is 20.8 Å². The number of anilines is 1. The Labute approximate surface area is 185 Å². The summed E-state index contributed by atoms with van der Waals surface area (Å²) in [6.07, 6.45) is 0.192. The molecule has 3 aromatic carbocycles. The molecule has 0 aromatic heterocycles. The van der Waals surface area contributed by atoms with E-state index in [0.29, 0.717) is 18.0 Å². The maximum atomic E-state index is 11.6. The Morgan fingerprint density at radius 3 is 2.60 bits per heavy atom. The molecule has 6 heteroatoms. The van der Waals surface area contributed by atoms with Gasteiger partial charge in [-0.2, -0.15) is 0 Å². The van der Waals surface area contributed by atoms with Crippen molar-refractivity contribution in [2.45, 2.75) is 19.9 Å². The lowest BCUT2D eigenvalue weighted by Crippen LogP contribution is -2.22. The molecule has 156 valence electrons. The molecule has 5 nitrogen and oxygen atoms in total. The standard InChI is InChI=1S/C24H24BrNO4/c1-3-26(21-9-4-5-10-22(21)27)16-18-15-19(25)11-12-23(18)30-20-8-6-7-17(13-20)14-24(28)29-2/h4-13,15,27H,3,14,16H2,1-2H3. The molecule has 0 heterocycles. The molecule has 0 amide bonds. The summed E-state index contributed by atoms with van der Waals surface area (Å²) < 4.78 is 11.9. The highest BCUT2D eigenvalue weighted by Crippen LogP contribution is 2.33. The number of hydrogen-bond donors (Lipinski definition) is 1. The maximum Gasteiger partial charge on any atom is 0.309 e. The summed E-state index contributed by atoms with van der Waals surface area (Å²) >= 11 is 3.54. The quantitative estimate of drug-likeness (QED) is 0.429. The van der Waals surface area contributed by atoms with Crippen LogP contribution < -0.4 is 9.64 Å². The van der Waals surface area contributed by atoms with Crippen molar-refractivity contribution in [1.82, 2.24) is 0 Å². The van der Waals surface area contributed by atoms with E-state index in [1.807, 2.05) is 67.6 Å². The highest BCUT2D eigenvalue weighted by molar-refractivity contribution is 9.10. The van der Waals surface area contributed by atoms with Crippen LogP contribution in [0.1, 0.15) is 18.1 Å². The highest BCUT2D eigenvalue weighted by atomic mass is 79.9. The van der Waals surface area contributed by atoms with E-state index in [9.17, 15) is 9.90 Å². The van der Waals surface area contributed by atoms with Gasteiger partial charge in [0.1, 0.15) is 17.2 Å².